The summed E-state index contributed by atoms with van der Waals surface area (Å²) in [6.45, 7) is 11.2. The van der Waals surface area contributed by atoms with E-state index in [9.17, 15) is 0 Å². The summed E-state index contributed by atoms with van der Waals surface area (Å²) in [5.41, 5.74) is 3.80. The molecule has 5 nitrogen and oxygen atoms in total. The number of aryl methyl sites for hydroxylation is 3. The van der Waals surface area contributed by atoms with Crippen molar-refractivity contribution in [2.75, 3.05) is 44.7 Å². The van der Waals surface area contributed by atoms with E-state index >= 15 is 0 Å². The molecular weight excluding hydrogens is 469 g/mol. The Morgan fingerprint density at radius 1 is 1.19 bits per heavy atom. The first-order valence-electron chi connectivity index (χ1n) is 9.27. The third kappa shape index (κ3) is 5.81. The summed E-state index contributed by atoms with van der Waals surface area (Å²) in [5, 5.41) is 4.67. The van der Waals surface area contributed by atoms with Crippen LogP contribution in [0, 0.1) is 20.8 Å². The Balaban J connectivity index is 0.00000261. The molecule has 0 saturated carbocycles. The van der Waals surface area contributed by atoms with Crippen molar-refractivity contribution in [1.29, 1.82) is 0 Å². The van der Waals surface area contributed by atoms with Crippen LogP contribution >= 0.6 is 35.3 Å². The van der Waals surface area contributed by atoms with Crippen LogP contribution in [0.25, 0.3) is 0 Å². The second-order valence-electron chi connectivity index (χ2n) is 6.78. The maximum absolute atomic E-state index is 4.51. The van der Waals surface area contributed by atoms with Crippen molar-refractivity contribution in [3.8, 4) is 0 Å². The van der Waals surface area contributed by atoms with E-state index in [-0.39, 0.29) is 24.0 Å². The van der Waals surface area contributed by atoms with Crippen molar-refractivity contribution in [2.45, 2.75) is 27.2 Å². The third-order valence-electron chi connectivity index (χ3n) is 4.79. The summed E-state index contributed by atoms with van der Waals surface area (Å²) in [4.78, 5) is 15.2. The van der Waals surface area contributed by atoms with Crippen LogP contribution in [0.4, 0.5) is 5.69 Å². The van der Waals surface area contributed by atoms with Gasteiger partial charge in [-0.1, -0.05) is 12.1 Å². The number of hydrogen-bond acceptors (Lipinski definition) is 4. The lowest BCUT2D eigenvalue weighted by molar-refractivity contribution is 0.373. The van der Waals surface area contributed by atoms with Gasteiger partial charge in [-0.2, -0.15) is 0 Å². The second-order valence-corrected chi connectivity index (χ2v) is 8.07. The van der Waals surface area contributed by atoms with Crippen molar-refractivity contribution in [1.82, 2.24) is 15.2 Å². The Hall–Kier alpha value is -1.35. The fourth-order valence-corrected chi connectivity index (χ4v) is 4.36. The number of anilines is 1. The lowest BCUT2D eigenvalue weighted by Crippen LogP contribution is -2.52. The summed E-state index contributed by atoms with van der Waals surface area (Å²) >= 11 is 1.80. The molecule has 0 amide bonds. The standard InChI is InChI=1S/C20H29N5S.HI/c1-15-6-5-7-18(14-15)24-10-12-25(13-11-24)20(21-4)22-9-8-19-16(2)23-17(3)26-19;/h5-7,14H,8-13H2,1-4H3,(H,21,22);1H. The van der Waals surface area contributed by atoms with Crippen LogP contribution in [-0.2, 0) is 6.42 Å². The van der Waals surface area contributed by atoms with Crippen LogP contribution in [0.5, 0.6) is 0 Å². The minimum absolute atomic E-state index is 0. The maximum Gasteiger partial charge on any atom is 0.193 e. The van der Waals surface area contributed by atoms with E-state index in [0.717, 1.165) is 55.8 Å². The number of benzene rings is 1. The zero-order valence-corrected chi connectivity index (χ0v) is 19.8. The molecule has 7 heteroatoms. The predicted octanol–water partition coefficient (Wildman–Crippen LogP) is 3.63. The van der Waals surface area contributed by atoms with Crippen molar-refractivity contribution < 1.29 is 0 Å². The third-order valence-corrected chi connectivity index (χ3v) is 5.93. The molecule has 1 aromatic carbocycles. The summed E-state index contributed by atoms with van der Waals surface area (Å²) in [5.74, 6) is 1.01. The smallest absolute Gasteiger partial charge is 0.193 e. The molecule has 1 N–H and O–H groups in total. The average molecular weight is 499 g/mol. The van der Waals surface area contributed by atoms with E-state index in [0.29, 0.717) is 0 Å². The van der Waals surface area contributed by atoms with Gasteiger partial charge in [-0.15, -0.1) is 35.3 Å². The van der Waals surface area contributed by atoms with Crippen LogP contribution in [0.15, 0.2) is 29.3 Å². The van der Waals surface area contributed by atoms with Crippen molar-refractivity contribution in [2.24, 2.45) is 4.99 Å². The molecule has 3 rings (SSSR count). The fraction of sp³-hybridized carbons (Fsp3) is 0.500. The second kappa shape index (κ2) is 10.3. The largest absolute Gasteiger partial charge is 0.368 e. The van der Waals surface area contributed by atoms with E-state index in [1.54, 1.807) is 11.3 Å². The van der Waals surface area contributed by atoms with Crippen molar-refractivity contribution in [3.63, 3.8) is 0 Å². The first-order chi connectivity index (χ1) is 12.6. The molecule has 1 aliphatic rings. The van der Waals surface area contributed by atoms with Gasteiger partial charge in [-0.05, 0) is 38.5 Å². The Labute approximate surface area is 183 Å². The summed E-state index contributed by atoms with van der Waals surface area (Å²) in [7, 11) is 1.87. The normalized spacial score (nSPS) is 14.9. The molecule has 0 radical (unpaired) electrons. The molecule has 1 fully saturated rings. The number of nitrogens with zero attached hydrogens (tertiary/aromatic N) is 4. The number of rotatable bonds is 4. The van der Waals surface area contributed by atoms with Gasteiger partial charge in [0.1, 0.15) is 0 Å². The fourth-order valence-electron chi connectivity index (χ4n) is 3.43. The predicted molar refractivity (Wildman–Crippen MR) is 127 cm³/mol. The topological polar surface area (TPSA) is 43.8 Å². The lowest BCUT2D eigenvalue weighted by atomic mass is 10.2. The summed E-state index contributed by atoms with van der Waals surface area (Å²) < 4.78 is 0. The minimum Gasteiger partial charge on any atom is -0.368 e. The number of guanidine groups is 1. The molecule has 1 aromatic heterocycles. The Bertz CT molecular complexity index is 765. The number of aliphatic imine (C=N–C) groups is 1. The summed E-state index contributed by atoms with van der Waals surface area (Å²) in [6, 6.07) is 8.76. The first-order valence-corrected chi connectivity index (χ1v) is 10.1. The molecule has 0 aliphatic carbocycles. The molecule has 0 spiro atoms. The zero-order valence-electron chi connectivity index (χ0n) is 16.7. The van der Waals surface area contributed by atoms with Gasteiger partial charge < -0.3 is 15.1 Å². The van der Waals surface area contributed by atoms with Gasteiger partial charge in [0.15, 0.2) is 5.96 Å². The average Bonchev–Trinajstić information content (AvgIpc) is 2.96. The zero-order chi connectivity index (χ0) is 18.5. The van der Waals surface area contributed by atoms with Gasteiger partial charge in [-0.3, -0.25) is 4.99 Å². The number of piperazine rings is 1. The minimum atomic E-state index is 0. The number of halogens is 1. The molecule has 148 valence electrons. The lowest BCUT2D eigenvalue weighted by Gasteiger charge is -2.37. The summed E-state index contributed by atoms with van der Waals surface area (Å²) in [6.07, 6.45) is 1.000. The molecule has 1 aliphatic heterocycles. The number of nitrogens with one attached hydrogen (secondary N) is 1. The van der Waals surface area contributed by atoms with Crippen molar-refractivity contribution >= 4 is 47.0 Å². The first kappa shape index (κ1) is 21.9. The molecule has 0 bridgehead atoms. The highest BCUT2D eigenvalue weighted by atomic mass is 127. The van der Waals surface area contributed by atoms with Crippen LogP contribution in [0.2, 0.25) is 0 Å². The van der Waals surface area contributed by atoms with E-state index in [1.807, 2.05) is 7.05 Å². The van der Waals surface area contributed by atoms with Crippen molar-refractivity contribution in [3.05, 3.63) is 45.4 Å². The molecule has 2 aromatic rings. The van der Waals surface area contributed by atoms with Gasteiger partial charge in [-0.25, -0.2) is 4.98 Å². The molecule has 1 saturated heterocycles. The van der Waals surface area contributed by atoms with Gasteiger partial charge in [0.25, 0.3) is 0 Å². The van der Waals surface area contributed by atoms with Gasteiger partial charge >= 0.3 is 0 Å². The Kier molecular flexibility index (Phi) is 8.34. The van der Waals surface area contributed by atoms with E-state index in [2.05, 4.69) is 70.1 Å². The van der Waals surface area contributed by atoms with Crippen LogP contribution in [-0.4, -0.2) is 55.6 Å². The molecule has 2 heterocycles. The quantitative estimate of drug-likeness (QED) is 0.397. The SMILES string of the molecule is CN=C(NCCc1sc(C)nc1C)N1CCN(c2cccc(C)c2)CC1.I. The molecule has 0 unspecified atom stereocenters. The Morgan fingerprint density at radius 2 is 1.93 bits per heavy atom. The number of thiazole rings is 1. The Morgan fingerprint density at radius 3 is 2.52 bits per heavy atom. The molecule has 27 heavy (non-hydrogen) atoms. The maximum atomic E-state index is 4.51. The highest BCUT2D eigenvalue weighted by molar-refractivity contribution is 14.0. The highest BCUT2D eigenvalue weighted by Gasteiger charge is 2.19. The van der Waals surface area contributed by atoms with Crippen LogP contribution in [0.1, 0.15) is 21.1 Å². The number of aromatic nitrogens is 1. The number of hydrogen-bond donors (Lipinski definition) is 1. The monoisotopic (exact) mass is 499 g/mol. The van der Waals surface area contributed by atoms with Gasteiger partial charge in [0.2, 0.25) is 0 Å². The van der Waals surface area contributed by atoms with Gasteiger partial charge in [0.05, 0.1) is 10.7 Å². The highest BCUT2D eigenvalue weighted by Crippen LogP contribution is 2.18. The molecular formula is C20H30IN5S. The van der Waals surface area contributed by atoms with Crippen LogP contribution in [0.3, 0.4) is 0 Å². The van der Waals surface area contributed by atoms with Gasteiger partial charge in [0, 0.05) is 56.8 Å². The van der Waals surface area contributed by atoms with Crippen LogP contribution < -0.4 is 10.2 Å². The van der Waals surface area contributed by atoms with E-state index in [4.69, 9.17) is 0 Å². The van der Waals surface area contributed by atoms with E-state index in [1.165, 1.54) is 16.1 Å². The van der Waals surface area contributed by atoms with E-state index < -0.39 is 0 Å². The molecule has 0 atom stereocenters.